The standard InChI is InChI=1S/C19H29NO/c1-20(2)13-12-19-11-5-4-6-16(19)9-7-15-8-10-17(21-3)14-18(15)19/h8,10,14,16H,4-7,9,11-13H2,1-3H3/t16?,19-/m0/s1/i3D2. The first-order chi connectivity index (χ1) is 11.0. The molecule has 2 aliphatic rings. The van der Waals surface area contributed by atoms with Crippen molar-refractivity contribution in [3.63, 3.8) is 0 Å². The molecule has 0 N–H and O–H groups in total. The van der Waals surface area contributed by atoms with Crippen LogP contribution in [0.3, 0.4) is 0 Å². The number of methoxy groups -OCH3 is 1. The van der Waals surface area contributed by atoms with Crippen LogP contribution < -0.4 is 4.74 Å². The molecule has 0 amide bonds. The van der Waals surface area contributed by atoms with Crippen molar-refractivity contribution >= 4 is 0 Å². The molecule has 1 aromatic rings. The monoisotopic (exact) mass is 289 g/mol. The van der Waals surface area contributed by atoms with Gasteiger partial charge < -0.3 is 9.64 Å². The van der Waals surface area contributed by atoms with E-state index in [2.05, 4.69) is 31.1 Å². The van der Waals surface area contributed by atoms with Crippen LogP contribution >= 0.6 is 0 Å². The van der Waals surface area contributed by atoms with Crippen molar-refractivity contribution in [2.45, 2.75) is 50.4 Å². The van der Waals surface area contributed by atoms with Gasteiger partial charge in [-0.25, -0.2) is 0 Å². The smallest absolute Gasteiger partial charge is 0.119 e. The molecule has 2 aliphatic carbocycles. The van der Waals surface area contributed by atoms with Gasteiger partial charge in [0.15, 0.2) is 0 Å². The minimum Gasteiger partial charge on any atom is -0.497 e. The third kappa shape index (κ3) is 2.70. The van der Waals surface area contributed by atoms with Crippen molar-refractivity contribution < 1.29 is 7.48 Å². The summed E-state index contributed by atoms with van der Waals surface area (Å²) < 4.78 is 20.1. The van der Waals surface area contributed by atoms with Crippen LogP contribution in [0, 0.1) is 5.92 Å². The van der Waals surface area contributed by atoms with Gasteiger partial charge in [-0.1, -0.05) is 18.9 Å². The summed E-state index contributed by atoms with van der Waals surface area (Å²) in [7, 11) is 3.06. The van der Waals surface area contributed by atoms with Crippen LogP contribution in [0.5, 0.6) is 5.75 Å². The molecule has 21 heavy (non-hydrogen) atoms. The van der Waals surface area contributed by atoms with E-state index in [0.29, 0.717) is 5.75 Å². The maximum absolute atomic E-state index is 7.36. The highest BCUT2D eigenvalue weighted by atomic mass is 16.5. The van der Waals surface area contributed by atoms with Crippen LogP contribution in [0.1, 0.15) is 52.4 Å². The van der Waals surface area contributed by atoms with Crippen molar-refractivity contribution in [1.29, 1.82) is 0 Å². The van der Waals surface area contributed by atoms with Gasteiger partial charge in [0.2, 0.25) is 0 Å². The van der Waals surface area contributed by atoms with Crippen LogP contribution in [0.25, 0.3) is 0 Å². The number of fused-ring (bicyclic) bond motifs is 3. The summed E-state index contributed by atoms with van der Waals surface area (Å²) in [5.74, 6) is 1.47. The third-order valence-electron chi connectivity index (χ3n) is 5.73. The molecule has 0 aliphatic heterocycles. The summed E-state index contributed by atoms with van der Waals surface area (Å²) in [6.45, 7) is 1.11. The van der Waals surface area contributed by atoms with Crippen LogP contribution in [-0.2, 0) is 11.8 Å². The van der Waals surface area contributed by atoms with E-state index < -0.39 is 7.06 Å². The van der Waals surface area contributed by atoms with Gasteiger partial charge in [-0.3, -0.25) is 0 Å². The summed E-state index contributed by atoms with van der Waals surface area (Å²) >= 11 is 0. The molecule has 1 saturated carbocycles. The summed E-state index contributed by atoms with van der Waals surface area (Å²) in [6.07, 6.45) is 8.96. The zero-order chi connectivity index (χ0) is 16.4. The Hall–Kier alpha value is -1.02. The summed E-state index contributed by atoms with van der Waals surface area (Å²) in [4.78, 5) is 2.29. The lowest BCUT2D eigenvalue weighted by molar-refractivity contribution is 0.135. The third-order valence-corrected chi connectivity index (χ3v) is 5.73. The largest absolute Gasteiger partial charge is 0.497 e. The Morgan fingerprint density at radius 2 is 2.24 bits per heavy atom. The molecule has 2 nitrogen and oxygen atoms in total. The van der Waals surface area contributed by atoms with Crippen molar-refractivity contribution in [3.05, 3.63) is 29.3 Å². The van der Waals surface area contributed by atoms with Crippen LogP contribution in [-0.4, -0.2) is 32.6 Å². The van der Waals surface area contributed by atoms with Crippen molar-refractivity contribution in [3.8, 4) is 5.75 Å². The quantitative estimate of drug-likeness (QED) is 0.830. The predicted octanol–water partition coefficient (Wildman–Crippen LogP) is 4.02. The highest BCUT2D eigenvalue weighted by Crippen LogP contribution is 2.52. The second-order valence-corrected chi connectivity index (χ2v) is 7.13. The van der Waals surface area contributed by atoms with Gasteiger partial charge in [-0.05, 0) is 87.3 Å². The van der Waals surface area contributed by atoms with E-state index in [4.69, 9.17) is 7.48 Å². The number of ether oxygens (including phenoxy) is 1. The van der Waals surface area contributed by atoms with Gasteiger partial charge in [0.25, 0.3) is 0 Å². The summed E-state index contributed by atoms with van der Waals surface area (Å²) in [5, 5.41) is 0. The van der Waals surface area contributed by atoms with E-state index in [1.807, 2.05) is 6.07 Å². The second kappa shape index (κ2) is 6.00. The fraction of sp³-hybridized carbons (Fsp3) is 0.684. The molecule has 0 bridgehead atoms. The Balaban J connectivity index is 1.98. The van der Waals surface area contributed by atoms with Crippen LogP contribution in [0.15, 0.2) is 18.2 Å². The summed E-state index contributed by atoms with van der Waals surface area (Å²) in [5.41, 5.74) is 3.18. The maximum Gasteiger partial charge on any atom is 0.119 e. The average molecular weight is 289 g/mol. The van der Waals surface area contributed by atoms with E-state index in [-0.39, 0.29) is 5.41 Å². The molecule has 116 valence electrons. The zero-order valence-electron chi connectivity index (χ0n) is 15.4. The van der Waals surface area contributed by atoms with Gasteiger partial charge in [0.05, 0.1) is 9.80 Å². The molecule has 2 atom stereocenters. The van der Waals surface area contributed by atoms with Gasteiger partial charge in [0, 0.05) is 0 Å². The molecule has 1 aromatic carbocycles. The first-order valence-corrected chi connectivity index (χ1v) is 8.30. The van der Waals surface area contributed by atoms with Crippen molar-refractivity contribution in [2.24, 2.45) is 5.92 Å². The SMILES string of the molecule is [2H]C([2H])Oc1ccc2c(c1)[C@]1(CCN(C)C)CCCCC1CC2. The molecule has 0 radical (unpaired) electrons. The van der Waals surface area contributed by atoms with Gasteiger partial charge in [-0.15, -0.1) is 0 Å². The molecule has 0 spiro atoms. The van der Waals surface area contributed by atoms with Gasteiger partial charge in [0.1, 0.15) is 5.75 Å². The number of rotatable bonds is 4. The Labute approximate surface area is 132 Å². The van der Waals surface area contributed by atoms with Crippen molar-refractivity contribution in [2.75, 3.05) is 27.7 Å². The Bertz CT molecular complexity index is 546. The highest BCUT2D eigenvalue weighted by molar-refractivity contribution is 5.43. The van der Waals surface area contributed by atoms with E-state index in [0.717, 1.165) is 18.9 Å². The van der Waals surface area contributed by atoms with Crippen LogP contribution in [0.4, 0.5) is 0 Å². The molecule has 0 aromatic heterocycles. The molecule has 2 heteroatoms. The minimum absolute atomic E-state index is 0.273. The average Bonchev–Trinajstić information content (AvgIpc) is 2.52. The topological polar surface area (TPSA) is 12.5 Å². The van der Waals surface area contributed by atoms with Gasteiger partial charge >= 0.3 is 0 Å². The molecule has 0 saturated heterocycles. The highest BCUT2D eigenvalue weighted by Gasteiger charge is 2.45. The molecule has 1 unspecified atom stereocenters. The summed E-state index contributed by atoms with van der Waals surface area (Å²) in [6, 6.07) is 6.27. The first-order valence-electron chi connectivity index (χ1n) is 9.46. The lowest BCUT2D eigenvalue weighted by atomic mass is 9.56. The number of benzene rings is 1. The molecule has 1 fully saturated rings. The fourth-order valence-corrected chi connectivity index (χ4v) is 4.61. The molecular formula is C19H29NO. The first kappa shape index (κ1) is 12.5. The van der Waals surface area contributed by atoms with E-state index in [9.17, 15) is 0 Å². The van der Waals surface area contributed by atoms with Crippen LogP contribution in [0.2, 0.25) is 0 Å². The Kier molecular flexibility index (Phi) is 3.58. The van der Waals surface area contributed by atoms with Crippen molar-refractivity contribution in [1.82, 2.24) is 4.90 Å². The predicted molar refractivity (Wildman–Crippen MR) is 88.1 cm³/mol. The number of nitrogens with zero attached hydrogens (tertiary/aromatic N) is 1. The second-order valence-electron chi connectivity index (χ2n) is 7.13. The van der Waals surface area contributed by atoms with E-state index >= 15 is 0 Å². The normalized spacial score (nSPS) is 29.6. The molecule has 3 rings (SSSR count). The zero-order valence-corrected chi connectivity index (χ0v) is 13.4. The number of hydrogen-bond donors (Lipinski definition) is 0. The number of aryl methyl sites for hydroxylation is 1. The molecule has 0 heterocycles. The minimum atomic E-state index is -1.25. The lowest BCUT2D eigenvalue weighted by Crippen LogP contribution is -2.43. The fourth-order valence-electron chi connectivity index (χ4n) is 4.61. The Morgan fingerprint density at radius 3 is 3.05 bits per heavy atom. The Morgan fingerprint density at radius 1 is 1.33 bits per heavy atom. The maximum atomic E-state index is 7.36. The number of hydrogen-bond acceptors (Lipinski definition) is 2. The van der Waals surface area contributed by atoms with E-state index in [1.54, 1.807) is 0 Å². The van der Waals surface area contributed by atoms with E-state index in [1.165, 1.54) is 49.7 Å². The van der Waals surface area contributed by atoms with Gasteiger partial charge in [-0.2, -0.15) is 0 Å². The molecular weight excluding hydrogens is 258 g/mol. The lowest BCUT2D eigenvalue weighted by Gasteiger charge is -2.49.